The van der Waals surface area contributed by atoms with E-state index in [1.165, 1.54) is 0 Å². The van der Waals surface area contributed by atoms with E-state index in [1.54, 1.807) is 18.3 Å². The number of carboxylic acids is 1. The van der Waals surface area contributed by atoms with Crippen LogP contribution in [0.4, 0.5) is 0 Å². The Kier molecular flexibility index (Phi) is 5.95. The predicted molar refractivity (Wildman–Crippen MR) is 74.9 cm³/mol. The van der Waals surface area contributed by atoms with Crippen molar-refractivity contribution in [3.63, 3.8) is 0 Å². The second-order valence-corrected chi connectivity index (χ2v) is 5.47. The molecule has 1 aromatic rings. The first kappa shape index (κ1) is 15.6. The summed E-state index contributed by atoms with van der Waals surface area (Å²) in [7, 11) is 0. The van der Waals surface area contributed by atoms with E-state index in [0.717, 1.165) is 0 Å². The Morgan fingerprint density at radius 1 is 1.47 bits per heavy atom. The fourth-order valence-electron chi connectivity index (χ4n) is 1.71. The average molecular weight is 329 g/mol. The summed E-state index contributed by atoms with van der Waals surface area (Å²) in [6, 6.07) is 3.28. The minimum Gasteiger partial charge on any atom is -0.481 e. The number of pyridine rings is 1. The van der Waals surface area contributed by atoms with Crippen LogP contribution in [-0.4, -0.2) is 28.5 Å². The minimum absolute atomic E-state index is 0.119. The van der Waals surface area contributed by atoms with Gasteiger partial charge in [-0.25, -0.2) is 4.98 Å². The molecule has 0 radical (unpaired) electrons. The summed E-state index contributed by atoms with van der Waals surface area (Å²) >= 11 is 3.18. The van der Waals surface area contributed by atoms with Gasteiger partial charge in [-0.05, 0) is 40.4 Å². The van der Waals surface area contributed by atoms with E-state index in [1.807, 2.05) is 13.8 Å². The van der Waals surface area contributed by atoms with E-state index >= 15 is 0 Å². The third kappa shape index (κ3) is 4.98. The number of aliphatic carboxylic acids is 1. The first-order valence-electron chi connectivity index (χ1n) is 6.03. The second kappa shape index (κ2) is 7.23. The number of aromatic nitrogens is 1. The van der Waals surface area contributed by atoms with Gasteiger partial charge >= 0.3 is 5.97 Å². The maximum absolute atomic E-state index is 11.9. The van der Waals surface area contributed by atoms with Gasteiger partial charge in [-0.15, -0.1) is 0 Å². The standard InChI is InChI=1S/C13H17BrN2O3/c1-8(2)6-9(13(18)19)7-16-12(17)10-4-3-5-15-11(10)14/h3-5,8-9H,6-7H2,1-2H3,(H,16,17)(H,18,19). The lowest BCUT2D eigenvalue weighted by molar-refractivity contribution is -0.142. The second-order valence-electron chi connectivity index (χ2n) is 4.72. The molecular formula is C13H17BrN2O3. The maximum Gasteiger partial charge on any atom is 0.308 e. The summed E-state index contributed by atoms with van der Waals surface area (Å²) in [6.45, 7) is 4.03. The highest BCUT2D eigenvalue weighted by Crippen LogP contribution is 2.14. The maximum atomic E-state index is 11.9. The first-order valence-corrected chi connectivity index (χ1v) is 6.82. The zero-order valence-corrected chi connectivity index (χ0v) is 12.5. The number of amides is 1. The van der Waals surface area contributed by atoms with E-state index in [4.69, 9.17) is 5.11 Å². The summed E-state index contributed by atoms with van der Waals surface area (Å²) in [4.78, 5) is 26.9. The summed E-state index contributed by atoms with van der Waals surface area (Å²) in [5.74, 6) is -1.52. The molecule has 0 fully saturated rings. The molecule has 1 unspecified atom stereocenters. The summed E-state index contributed by atoms with van der Waals surface area (Å²) < 4.78 is 0.447. The Morgan fingerprint density at radius 3 is 2.68 bits per heavy atom. The van der Waals surface area contributed by atoms with Gasteiger partial charge in [0.05, 0.1) is 11.5 Å². The van der Waals surface area contributed by atoms with Gasteiger partial charge in [0.25, 0.3) is 5.91 Å². The zero-order valence-electron chi connectivity index (χ0n) is 10.9. The molecule has 0 aliphatic heterocycles. The van der Waals surface area contributed by atoms with Crippen LogP contribution in [0.3, 0.4) is 0 Å². The average Bonchev–Trinajstić information content (AvgIpc) is 2.34. The smallest absolute Gasteiger partial charge is 0.308 e. The first-order chi connectivity index (χ1) is 8.91. The molecule has 1 atom stereocenters. The molecule has 0 saturated carbocycles. The number of carbonyl (C=O) groups excluding carboxylic acids is 1. The van der Waals surface area contributed by atoms with E-state index in [9.17, 15) is 9.59 Å². The molecule has 1 heterocycles. The number of nitrogens with zero attached hydrogens (tertiary/aromatic N) is 1. The monoisotopic (exact) mass is 328 g/mol. The molecule has 1 aromatic heterocycles. The van der Waals surface area contributed by atoms with Gasteiger partial charge in [0.15, 0.2) is 0 Å². The zero-order chi connectivity index (χ0) is 14.4. The SMILES string of the molecule is CC(C)CC(CNC(=O)c1cccnc1Br)C(=O)O. The Labute approximate surface area is 120 Å². The van der Waals surface area contributed by atoms with Gasteiger partial charge in [-0.3, -0.25) is 9.59 Å². The van der Waals surface area contributed by atoms with Crippen molar-refractivity contribution in [2.45, 2.75) is 20.3 Å². The van der Waals surface area contributed by atoms with Crippen LogP contribution < -0.4 is 5.32 Å². The summed E-state index contributed by atoms with van der Waals surface area (Å²) in [5.41, 5.74) is 0.399. The number of nitrogens with one attached hydrogen (secondary N) is 1. The van der Waals surface area contributed by atoms with Crippen molar-refractivity contribution in [2.75, 3.05) is 6.54 Å². The molecule has 1 amide bonds. The summed E-state index contributed by atoms with van der Waals surface area (Å²) in [6.07, 6.45) is 2.10. The Morgan fingerprint density at radius 2 is 2.16 bits per heavy atom. The van der Waals surface area contributed by atoms with Gasteiger partial charge in [0, 0.05) is 12.7 Å². The molecular weight excluding hydrogens is 312 g/mol. The van der Waals surface area contributed by atoms with Crippen molar-refractivity contribution in [1.82, 2.24) is 10.3 Å². The molecule has 6 heteroatoms. The lowest BCUT2D eigenvalue weighted by atomic mass is 9.97. The quantitative estimate of drug-likeness (QED) is 0.785. The van der Waals surface area contributed by atoms with Gasteiger partial charge in [-0.2, -0.15) is 0 Å². The molecule has 0 aromatic carbocycles. The summed E-state index contributed by atoms with van der Waals surface area (Å²) in [5, 5.41) is 11.7. The third-order valence-corrected chi connectivity index (χ3v) is 3.25. The van der Waals surface area contributed by atoms with Crippen LogP contribution in [0.1, 0.15) is 30.6 Å². The van der Waals surface area contributed by atoms with Crippen LogP contribution in [-0.2, 0) is 4.79 Å². The fourth-order valence-corrected chi connectivity index (χ4v) is 2.14. The van der Waals surface area contributed by atoms with Crippen molar-refractivity contribution < 1.29 is 14.7 Å². The molecule has 5 nitrogen and oxygen atoms in total. The molecule has 2 N–H and O–H groups in total. The number of carboxylic acid groups (broad SMARTS) is 1. The highest BCUT2D eigenvalue weighted by atomic mass is 79.9. The Balaban J connectivity index is 2.62. The van der Waals surface area contributed by atoms with Crippen LogP contribution in [0, 0.1) is 11.8 Å². The van der Waals surface area contributed by atoms with E-state index in [0.29, 0.717) is 16.6 Å². The van der Waals surface area contributed by atoms with E-state index in [2.05, 4.69) is 26.2 Å². The van der Waals surface area contributed by atoms with Crippen molar-refractivity contribution in [1.29, 1.82) is 0 Å². The van der Waals surface area contributed by atoms with Gasteiger partial charge in [0.2, 0.25) is 0 Å². The highest BCUT2D eigenvalue weighted by Gasteiger charge is 2.20. The van der Waals surface area contributed by atoms with Crippen LogP contribution in [0.15, 0.2) is 22.9 Å². The Bertz CT molecular complexity index is 463. The molecule has 0 aliphatic carbocycles. The van der Waals surface area contributed by atoms with Crippen molar-refractivity contribution >= 4 is 27.8 Å². The van der Waals surface area contributed by atoms with Crippen LogP contribution in [0.2, 0.25) is 0 Å². The number of halogens is 1. The number of rotatable bonds is 6. The molecule has 0 saturated heterocycles. The minimum atomic E-state index is -0.890. The highest BCUT2D eigenvalue weighted by molar-refractivity contribution is 9.10. The molecule has 0 aliphatic rings. The van der Waals surface area contributed by atoms with E-state index in [-0.39, 0.29) is 18.4 Å². The normalized spacial score (nSPS) is 12.2. The van der Waals surface area contributed by atoms with Gasteiger partial charge < -0.3 is 10.4 Å². The molecule has 1 rings (SSSR count). The lowest BCUT2D eigenvalue weighted by Gasteiger charge is -2.15. The number of hydrogen-bond acceptors (Lipinski definition) is 3. The van der Waals surface area contributed by atoms with Crippen molar-refractivity contribution in [3.05, 3.63) is 28.5 Å². The fraction of sp³-hybridized carbons (Fsp3) is 0.462. The Hall–Kier alpha value is -1.43. The van der Waals surface area contributed by atoms with Crippen LogP contribution in [0.25, 0.3) is 0 Å². The molecule has 0 bridgehead atoms. The predicted octanol–water partition coefficient (Wildman–Crippen LogP) is 2.32. The topological polar surface area (TPSA) is 79.3 Å². The third-order valence-electron chi connectivity index (χ3n) is 2.62. The number of hydrogen-bond donors (Lipinski definition) is 2. The van der Waals surface area contributed by atoms with Gasteiger partial charge in [-0.1, -0.05) is 13.8 Å². The van der Waals surface area contributed by atoms with Crippen LogP contribution >= 0.6 is 15.9 Å². The van der Waals surface area contributed by atoms with Crippen LogP contribution in [0.5, 0.6) is 0 Å². The number of carbonyl (C=O) groups is 2. The molecule has 0 spiro atoms. The molecule has 104 valence electrons. The lowest BCUT2D eigenvalue weighted by Crippen LogP contribution is -2.33. The molecule has 19 heavy (non-hydrogen) atoms. The van der Waals surface area contributed by atoms with Gasteiger partial charge in [0.1, 0.15) is 4.60 Å². The van der Waals surface area contributed by atoms with Crippen molar-refractivity contribution in [2.24, 2.45) is 11.8 Å². The van der Waals surface area contributed by atoms with E-state index < -0.39 is 11.9 Å². The largest absolute Gasteiger partial charge is 0.481 e. The van der Waals surface area contributed by atoms with Crippen molar-refractivity contribution in [3.8, 4) is 0 Å².